The molecule has 0 saturated heterocycles. The topological polar surface area (TPSA) is 34.1 Å². The van der Waals surface area contributed by atoms with Crippen LogP contribution in [0.3, 0.4) is 0 Å². The minimum atomic E-state index is -0.364. The van der Waals surface area contributed by atoms with Crippen LogP contribution in [0.4, 0.5) is 8.78 Å². The lowest BCUT2D eigenvalue weighted by Gasteiger charge is -2.24. The minimum absolute atomic E-state index is 0.152. The molecule has 4 heteroatoms. The highest BCUT2D eigenvalue weighted by Crippen LogP contribution is 2.37. The van der Waals surface area contributed by atoms with E-state index in [1.54, 1.807) is 30.3 Å². The normalized spacial score (nSPS) is 19.0. The van der Waals surface area contributed by atoms with Gasteiger partial charge in [0.05, 0.1) is 0 Å². The molecule has 1 aliphatic carbocycles. The molecule has 3 rings (SSSR count). The third-order valence-corrected chi connectivity index (χ3v) is 4.31. The van der Waals surface area contributed by atoms with Gasteiger partial charge in [-0.1, -0.05) is 24.3 Å². The average Bonchev–Trinajstić information content (AvgIpc) is 2.59. The van der Waals surface area contributed by atoms with Crippen molar-refractivity contribution in [2.75, 3.05) is 0 Å². The smallest absolute Gasteiger partial charge is 0.182 e. The summed E-state index contributed by atoms with van der Waals surface area (Å²) in [5.74, 6) is -1.47. The molecule has 2 nitrogen and oxygen atoms in total. The van der Waals surface area contributed by atoms with Crippen LogP contribution in [-0.2, 0) is 9.59 Å². The lowest BCUT2D eigenvalue weighted by Crippen LogP contribution is -2.19. The van der Waals surface area contributed by atoms with Crippen LogP contribution in [0.1, 0.15) is 30.4 Å². The van der Waals surface area contributed by atoms with Crippen LogP contribution in [0, 0.1) is 11.6 Å². The summed E-state index contributed by atoms with van der Waals surface area (Å²) in [5.41, 5.74) is 2.41. The van der Waals surface area contributed by atoms with Crippen molar-refractivity contribution in [3.8, 4) is 0 Å². The zero-order valence-corrected chi connectivity index (χ0v) is 13.6. The molecule has 0 spiro atoms. The van der Waals surface area contributed by atoms with Gasteiger partial charge in [-0.3, -0.25) is 9.59 Å². The summed E-state index contributed by atoms with van der Waals surface area (Å²) in [6, 6.07) is 11.7. The van der Waals surface area contributed by atoms with Gasteiger partial charge in [0.25, 0.3) is 0 Å². The van der Waals surface area contributed by atoms with Crippen molar-refractivity contribution in [3.05, 3.63) is 88.5 Å². The summed E-state index contributed by atoms with van der Waals surface area (Å²) >= 11 is 0. The van der Waals surface area contributed by atoms with Gasteiger partial charge in [-0.15, -0.1) is 0 Å². The Kier molecular flexibility index (Phi) is 4.70. The summed E-state index contributed by atoms with van der Waals surface area (Å²) in [6.07, 6.45) is 3.43. The molecule has 1 atom stereocenters. The van der Waals surface area contributed by atoms with E-state index in [0.29, 0.717) is 23.1 Å². The van der Waals surface area contributed by atoms with E-state index in [0.717, 1.165) is 5.56 Å². The fraction of sp³-hybridized carbons (Fsp3) is 0.143. The maximum absolute atomic E-state index is 13.2. The lowest BCUT2D eigenvalue weighted by molar-refractivity contribution is -0.115. The van der Waals surface area contributed by atoms with Gasteiger partial charge in [0.15, 0.2) is 11.6 Å². The first kappa shape index (κ1) is 17.0. The number of rotatable bonds is 3. The van der Waals surface area contributed by atoms with Crippen molar-refractivity contribution in [2.45, 2.75) is 19.3 Å². The second-order valence-corrected chi connectivity index (χ2v) is 6.05. The zero-order valence-electron chi connectivity index (χ0n) is 13.6. The number of carbonyl (C=O) groups is 2. The predicted octanol–water partition coefficient (Wildman–Crippen LogP) is 4.62. The van der Waals surface area contributed by atoms with Gasteiger partial charge < -0.3 is 0 Å². The molecule has 0 N–H and O–H groups in total. The van der Waals surface area contributed by atoms with Gasteiger partial charge in [0.2, 0.25) is 0 Å². The lowest BCUT2D eigenvalue weighted by atomic mass is 9.77. The third kappa shape index (κ3) is 3.79. The van der Waals surface area contributed by atoms with Gasteiger partial charge in [0, 0.05) is 11.5 Å². The van der Waals surface area contributed by atoms with E-state index in [-0.39, 0.29) is 29.1 Å². The Labute approximate surface area is 144 Å². The van der Waals surface area contributed by atoms with Gasteiger partial charge in [-0.25, -0.2) is 8.78 Å². The van der Waals surface area contributed by atoms with E-state index in [1.165, 1.54) is 37.3 Å². The number of Topliss-reactive ketones (excluding diaryl/α,β-unsaturated/α-hetero) is 1. The van der Waals surface area contributed by atoms with Crippen molar-refractivity contribution in [3.63, 3.8) is 0 Å². The molecule has 25 heavy (non-hydrogen) atoms. The number of hydrogen-bond donors (Lipinski definition) is 0. The van der Waals surface area contributed by atoms with E-state index < -0.39 is 0 Å². The van der Waals surface area contributed by atoms with E-state index in [2.05, 4.69) is 0 Å². The van der Waals surface area contributed by atoms with Gasteiger partial charge in [-0.05, 0) is 66.5 Å². The van der Waals surface area contributed by atoms with Crippen molar-refractivity contribution in [1.82, 2.24) is 0 Å². The number of ketones is 2. The third-order valence-electron chi connectivity index (χ3n) is 4.31. The molecule has 1 unspecified atom stereocenters. The van der Waals surface area contributed by atoms with Gasteiger partial charge in [-0.2, -0.15) is 0 Å². The first-order valence-electron chi connectivity index (χ1n) is 7.92. The zero-order chi connectivity index (χ0) is 18.0. The molecule has 0 heterocycles. The number of carbonyl (C=O) groups excluding carboxylic acids is 2. The molecule has 0 bridgehead atoms. The standard InChI is InChI=1S/C21H16F2O2/c1-13(24)16-11-19(15-4-8-18(23)9-5-15)20(21(25)12-16)10-14-2-6-17(22)7-3-14/h2-10,12,19H,11H2,1H3/b20-10-. The van der Waals surface area contributed by atoms with Crippen molar-refractivity contribution >= 4 is 17.6 Å². The van der Waals surface area contributed by atoms with E-state index >= 15 is 0 Å². The largest absolute Gasteiger partial charge is 0.295 e. The van der Waals surface area contributed by atoms with E-state index in [1.807, 2.05) is 0 Å². The number of hydrogen-bond acceptors (Lipinski definition) is 2. The van der Waals surface area contributed by atoms with Crippen LogP contribution < -0.4 is 0 Å². The molecule has 126 valence electrons. The Morgan fingerprint density at radius 2 is 1.56 bits per heavy atom. The highest BCUT2D eigenvalue weighted by Gasteiger charge is 2.29. The number of allylic oxidation sites excluding steroid dienone is 3. The van der Waals surface area contributed by atoms with Crippen LogP contribution in [-0.4, -0.2) is 11.6 Å². The second kappa shape index (κ2) is 6.93. The number of benzene rings is 2. The molecule has 2 aromatic rings. The molecule has 0 fully saturated rings. The van der Waals surface area contributed by atoms with Crippen LogP contribution in [0.15, 0.2) is 65.8 Å². The summed E-state index contributed by atoms with van der Waals surface area (Å²) in [4.78, 5) is 24.3. The quantitative estimate of drug-likeness (QED) is 0.765. The van der Waals surface area contributed by atoms with E-state index in [4.69, 9.17) is 0 Å². The maximum atomic E-state index is 13.2. The SMILES string of the molecule is CC(=O)C1=CC(=O)/C(=C\c2ccc(F)cc2)C(c2ccc(F)cc2)C1. The van der Waals surface area contributed by atoms with Gasteiger partial charge >= 0.3 is 0 Å². The van der Waals surface area contributed by atoms with Crippen LogP contribution in [0.25, 0.3) is 6.08 Å². The predicted molar refractivity (Wildman–Crippen MR) is 91.9 cm³/mol. The molecule has 0 saturated carbocycles. The van der Waals surface area contributed by atoms with Gasteiger partial charge in [0.1, 0.15) is 11.6 Å². The summed E-state index contributed by atoms with van der Waals surface area (Å²) in [6.45, 7) is 1.43. The monoisotopic (exact) mass is 338 g/mol. The van der Waals surface area contributed by atoms with E-state index in [9.17, 15) is 18.4 Å². The first-order valence-corrected chi connectivity index (χ1v) is 7.92. The Hall–Kier alpha value is -2.88. The van der Waals surface area contributed by atoms with Crippen LogP contribution in [0.5, 0.6) is 0 Å². The Bertz CT molecular complexity index is 875. The fourth-order valence-electron chi connectivity index (χ4n) is 2.95. The Morgan fingerprint density at radius 3 is 2.12 bits per heavy atom. The maximum Gasteiger partial charge on any atom is 0.182 e. The summed E-state index contributed by atoms with van der Waals surface area (Å²) in [7, 11) is 0. The Balaban J connectivity index is 2.07. The van der Waals surface area contributed by atoms with Crippen molar-refractivity contribution < 1.29 is 18.4 Å². The highest BCUT2D eigenvalue weighted by atomic mass is 19.1. The fourth-order valence-corrected chi connectivity index (χ4v) is 2.95. The highest BCUT2D eigenvalue weighted by molar-refractivity contribution is 6.14. The number of halogens is 2. The van der Waals surface area contributed by atoms with Crippen molar-refractivity contribution in [1.29, 1.82) is 0 Å². The molecule has 0 aliphatic heterocycles. The molecule has 1 aliphatic rings. The molecule has 0 aromatic heterocycles. The average molecular weight is 338 g/mol. The molecule has 0 radical (unpaired) electrons. The first-order chi connectivity index (χ1) is 11.9. The molecular formula is C21H16F2O2. The van der Waals surface area contributed by atoms with Crippen molar-refractivity contribution in [2.24, 2.45) is 0 Å². The molecule has 2 aromatic carbocycles. The molecular weight excluding hydrogens is 322 g/mol. The summed E-state index contributed by atoms with van der Waals surface area (Å²) in [5, 5.41) is 0. The van der Waals surface area contributed by atoms with Crippen LogP contribution >= 0.6 is 0 Å². The van der Waals surface area contributed by atoms with Crippen LogP contribution in [0.2, 0.25) is 0 Å². The summed E-state index contributed by atoms with van der Waals surface area (Å²) < 4.78 is 26.3. The Morgan fingerprint density at radius 1 is 1.00 bits per heavy atom. The second-order valence-electron chi connectivity index (χ2n) is 6.05. The minimum Gasteiger partial charge on any atom is -0.295 e. The molecule has 0 amide bonds.